The normalized spacial score (nSPS) is 11.6. The summed E-state index contributed by atoms with van der Waals surface area (Å²) in [5, 5.41) is 2.26. The summed E-state index contributed by atoms with van der Waals surface area (Å²) in [5.74, 6) is -0.265. The highest BCUT2D eigenvalue weighted by molar-refractivity contribution is 5.75. The van der Waals surface area contributed by atoms with Crippen LogP contribution in [0.1, 0.15) is 219 Å². The van der Waals surface area contributed by atoms with E-state index < -0.39 is 0 Å². The zero-order valence-corrected chi connectivity index (χ0v) is 29.2. The predicted molar refractivity (Wildman–Crippen MR) is 188 cm³/mol. The number of nitrogens with one attached hydrogen (secondary N) is 1. The maximum Gasteiger partial charge on any atom is 0.232 e. The lowest BCUT2D eigenvalue weighted by atomic mass is 10.0. The minimum absolute atomic E-state index is 0.262. The van der Waals surface area contributed by atoms with Gasteiger partial charge in [-0.3, -0.25) is 4.79 Å². The van der Waals surface area contributed by atoms with Crippen LogP contribution in [0.2, 0.25) is 0 Å². The van der Waals surface area contributed by atoms with Gasteiger partial charge in [-0.25, -0.2) is 10.4 Å². The topological polar surface area (TPSA) is 58.4 Å². The summed E-state index contributed by atoms with van der Waals surface area (Å²) >= 11 is 0. The van der Waals surface area contributed by atoms with Crippen molar-refractivity contribution in [3.8, 4) is 0 Å². The van der Waals surface area contributed by atoms with Gasteiger partial charge in [0.15, 0.2) is 0 Å². The molecule has 0 aromatic carbocycles. The molecule has 0 rings (SSSR count). The SMILES string of the molecule is CCCCCCCCCCCCCCCCCCN(CCCCCCCCCCCCCCCCCC)NCC(N)=O. The third-order valence-electron chi connectivity index (χ3n) is 9.04. The molecule has 0 atom stereocenters. The second kappa shape index (κ2) is 36.6. The molecule has 0 heterocycles. The van der Waals surface area contributed by atoms with Crippen molar-refractivity contribution in [2.45, 2.75) is 219 Å². The van der Waals surface area contributed by atoms with E-state index in [-0.39, 0.29) is 12.5 Å². The van der Waals surface area contributed by atoms with Crippen molar-refractivity contribution in [1.29, 1.82) is 0 Å². The number of hydrogen-bond donors (Lipinski definition) is 2. The number of carbonyl (C=O) groups excluding carboxylic acids is 1. The Morgan fingerprint density at radius 1 is 0.405 bits per heavy atom. The standard InChI is InChI=1S/C38H79N3O/c1-3-5-7-9-11-13-15-17-19-21-23-25-27-29-31-33-35-41(40-37-38(39)42)36-34-32-30-28-26-24-22-20-18-16-14-12-10-8-6-4-2/h40H,3-37H2,1-2H3,(H2,39,42). The van der Waals surface area contributed by atoms with E-state index in [1.807, 2.05) is 0 Å². The first kappa shape index (κ1) is 41.4. The van der Waals surface area contributed by atoms with E-state index in [4.69, 9.17) is 5.73 Å². The molecule has 42 heavy (non-hydrogen) atoms. The van der Waals surface area contributed by atoms with E-state index in [1.54, 1.807) is 0 Å². The maximum absolute atomic E-state index is 11.3. The minimum Gasteiger partial charge on any atom is -0.369 e. The highest BCUT2D eigenvalue weighted by Gasteiger charge is 2.06. The van der Waals surface area contributed by atoms with Gasteiger partial charge in [-0.05, 0) is 12.8 Å². The van der Waals surface area contributed by atoms with Crippen molar-refractivity contribution in [2.75, 3.05) is 19.6 Å². The number of unbranched alkanes of at least 4 members (excludes halogenated alkanes) is 30. The molecule has 0 unspecified atom stereocenters. The molecule has 0 saturated carbocycles. The van der Waals surface area contributed by atoms with Crippen LogP contribution in [-0.2, 0) is 4.79 Å². The molecule has 0 aliphatic rings. The quantitative estimate of drug-likeness (QED) is 0.0556. The van der Waals surface area contributed by atoms with Crippen LogP contribution < -0.4 is 11.2 Å². The third-order valence-corrected chi connectivity index (χ3v) is 9.04. The molecular formula is C38H79N3O. The number of nitrogens with zero attached hydrogens (tertiary/aromatic N) is 1. The Morgan fingerprint density at radius 2 is 0.619 bits per heavy atom. The summed E-state index contributed by atoms with van der Waals surface area (Å²) in [7, 11) is 0. The van der Waals surface area contributed by atoms with E-state index >= 15 is 0 Å². The van der Waals surface area contributed by atoms with Crippen LogP contribution in [0.5, 0.6) is 0 Å². The molecule has 4 heteroatoms. The fraction of sp³-hybridized carbons (Fsp3) is 0.974. The van der Waals surface area contributed by atoms with E-state index in [1.165, 1.54) is 205 Å². The van der Waals surface area contributed by atoms with Gasteiger partial charge in [0.1, 0.15) is 0 Å². The second-order valence-corrected chi connectivity index (χ2v) is 13.4. The summed E-state index contributed by atoms with van der Waals surface area (Å²) < 4.78 is 0. The third kappa shape index (κ3) is 35.6. The van der Waals surface area contributed by atoms with Crippen molar-refractivity contribution in [3.63, 3.8) is 0 Å². The molecule has 0 aliphatic heterocycles. The highest BCUT2D eigenvalue weighted by Crippen LogP contribution is 2.15. The smallest absolute Gasteiger partial charge is 0.232 e. The predicted octanol–water partition coefficient (Wildman–Crippen LogP) is 11.8. The van der Waals surface area contributed by atoms with Gasteiger partial charge in [0.25, 0.3) is 0 Å². The van der Waals surface area contributed by atoms with Crippen LogP contribution in [0, 0.1) is 0 Å². The van der Waals surface area contributed by atoms with Crippen molar-refractivity contribution in [3.05, 3.63) is 0 Å². The van der Waals surface area contributed by atoms with Gasteiger partial charge in [0, 0.05) is 13.1 Å². The van der Waals surface area contributed by atoms with Crippen LogP contribution in [-0.4, -0.2) is 30.6 Å². The average Bonchev–Trinajstić information content (AvgIpc) is 2.98. The van der Waals surface area contributed by atoms with Crippen LogP contribution >= 0.6 is 0 Å². The van der Waals surface area contributed by atoms with E-state index in [9.17, 15) is 4.79 Å². The lowest BCUT2D eigenvalue weighted by Gasteiger charge is -2.22. The van der Waals surface area contributed by atoms with Gasteiger partial charge in [0.05, 0.1) is 6.54 Å². The van der Waals surface area contributed by atoms with E-state index in [0.717, 1.165) is 13.1 Å². The fourth-order valence-electron chi connectivity index (χ4n) is 6.16. The monoisotopic (exact) mass is 594 g/mol. The number of rotatable bonds is 37. The lowest BCUT2D eigenvalue weighted by molar-refractivity contribution is -0.118. The Hall–Kier alpha value is -0.610. The molecular weight excluding hydrogens is 514 g/mol. The van der Waals surface area contributed by atoms with Crippen molar-refractivity contribution in [2.24, 2.45) is 5.73 Å². The van der Waals surface area contributed by atoms with Crippen molar-refractivity contribution < 1.29 is 4.79 Å². The van der Waals surface area contributed by atoms with Gasteiger partial charge in [0.2, 0.25) is 5.91 Å². The molecule has 0 saturated heterocycles. The summed E-state index contributed by atoms with van der Waals surface area (Å²) in [4.78, 5) is 11.3. The minimum atomic E-state index is -0.265. The number of primary amides is 1. The van der Waals surface area contributed by atoms with Crippen LogP contribution in [0.15, 0.2) is 0 Å². The van der Waals surface area contributed by atoms with Crippen molar-refractivity contribution in [1.82, 2.24) is 10.4 Å². The number of hydrogen-bond acceptors (Lipinski definition) is 3. The Bertz CT molecular complexity index is 477. The zero-order chi connectivity index (χ0) is 30.6. The first-order valence-electron chi connectivity index (χ1n) is 19.5. The first-order chi connectivity index (χ1) is 20.7. The Kier molecular flexibility index (Phi) is 36.0. The Morgan fingerprint density at radius 3 is 0.833 bits per heavy atom. The number of amides is 1. The Labute approximate surface area is 265 Å². The summed E-state index contributed by atoms with van der Waals surface area (Å²) in [6.45, 7) is 6.92. The summed E-state index contributed by atoms with van der Waals surface area (Å²) in [6, 6.07) is 0. The van der Waals surface area contributed by atoms with Crippen molar-refractivity contribution >= 4 is 5.91 Å². The summed E-state index contributed by atoms with van der Waals surface area (Å²) in [5.41, 5.74) is 8.68. The molecule has 1 amide bonds. The molecule has 0 spiro atoms. The molecule has 4 nitrogen and oxygen atoms in total. The van der Waals surface area contributed by atoms with Gasteiger partial charge in [-0.2, -0.15) is 0 Å². The molecule has 0 bridgehead atoms. The van der Waals surface area contributed by atoms with Gasteiger partial charge in [-0.1, -0.05) is 206 Å². The molecule has 0 radical (unpaired) electrons. The number of hydrazine groups is 1. The molecule has 3 N–H and O–H groups in total. The van der Waals surface area contributed by atoms with E-state index in [0.29, 0.717) is 0 Å². The number of carbonyl (C=O) groups is 1. The Balaban J connectivity index is 3.54. The van der Waals surface area contributed by atoms with Gasteiger partial charge < -0.3 is 5.73 Å². The highest BCUT2D eigenvalue weighted by atomic mass is 16.1. The second-order valence-electron chi connectivity index (χ2n) is 13.4. The van der Waals surface area contributed by atoms with Crippen LogP contribution in [0.4, 0.5) is 0 Å². The van der Waals surface area contributed by atoms with Gasteiger partial charge in [-0.15, -0.1) is 0 Å². The lowest BCUT2D eigenvalue weighted by Crippen LogP contribution is -2.43. The first-order valence-corrected chi connectivity index (χ1v) is 19.5. The maximum atomic E-state index is 11.3. The van der Waals surface area contributed by atoms with Gasteiger partial charge >= 0.3 is 0 Å². The molecule has 0 fully saturated rings. The molecule has 0 aromatic heterocycles. The number of nitrogens with two attached hydrogens (primary N) is 1. The molecule has 0 aliphatic carbocycles. The fourth-order valence-corrected chi connectivity index (χ4v) is 6.16. The zero-order valence-electron chi connectivity index (χ0n) is 29.2. The average molecular weight is 594 g/mol. The van der Waals surface area contributed by atoms with E-state index in [2.05, 4.69) is 24.3 Å². The summed E-state index contributed by atoms with van der Waals surface area (Å²) in [6.07, 6.45) is 44.8. The molecule has 252 valence electrons. The molecule has 0 aromatic rings. The largest absolute Gasteiger partial charge is 0.369 e. The van der Waals surface area contributed by atoms with Crippen LogP contribution in [0.25, 0.3) is 0 Å². The van der Waals surface area contributed by atoms with Crippen LogP contribution in [0.3, 0.4) is 0 Å².